The Bertz CT molecular complexity index is 727. The van der Waals surface area contributed by atoms with E-state index < -0.39 is 5.66 Å². The van der Waals surface area contributed by atoms with Gasteiger partial charge in [0.1, 0.15) is 12.2 Å². The molecule has 0 aliphatic carbocycles. The molecule has 2 aliphatic heterocycles. The normalized spacial score (nSPS) is 20.8. The van der Waals surface area contributed by atoms with E-state index in [4.69, 9.17) is 0 Å². The van der Waals surface area contributed by atoms with Crippen LogP contribution in [0, 0.1) is 0 Å². The summed E-state index contributed by atoms with van der Waals surface area (Å²) in [5.74, 6) is -0.425. The molecule has 1 fully saturated rings. The van der Waals surface area contributed by atoms with Gasteiger partial charge < -0.3 is 15.5 Å². The molecule has 1 unspecified atom stereocenters. The van der Waals surface area contributed by atoms with Crippen LogP contribution >= 0.6 is 12.4 Å². The summed E-state index contributed by atoms with van der Waals surface area (Å²) in [6.07, 6.45) is 1.94. The Morgan fingerprint density at radius 3 is 2.67 bits per heavy atom. The molecule has 1 saturated heterocycles. The van der Waals surface area contributed by atoms with Crippen molar-refractivity contribution in [1.82, 2.24) is 15.5 Å². The molecule has 3 rings (SSSR count). The Morgan fingerprint density at radius 1 is 1.19 bits per heavy atom. The highest BCUT2D eigenvalue weighted by Gasteiger charge is 2.53. The highest BCUT2D eigenvalue weighted by Crippen LogP contribution is 2.43. The monoisotopic (exact) mass is 394 g/mol. The minimum Gasteiger partial charge on any atom is -0.353 e. The smallest absolute Gasteiger partial charge is 0.258 e. The first-order valence-electron chi connectivity index (χ1n) is 9.20. The first-order chi connectivity index (χ1) is 12.5. The van der Waals surface area contributed by atoms with Crippen LogP contribution in [0.25, 0.3) is 0 Å². The number of carbonyl (C=O) groups is 3. The van der Waals surface area contributed by atoms with Crippen molar-refractivity contribution in [1.29, 1.82) is 0 Å². The van der Waals surface area contributed by atoms with Crippen LogP contribution in [-0.4, -0.2) is 54.5 Å². The van der Waals surface area contributed by atoms with Gasteiger partial charge in [-0.3, -0.25) is 19.3 Å². The number of anilines is 1. The molecule has 0 saturated carbocycles. The number of halogens is 1. The zero-order valence-corrected chi connectivity index (χ0v) is 16.6. The first kappa shape index (κ1) is 21.2. The second-order valence-corrected chi connectivity index (χ2v) is 6.95. The lowest BCUT2D eigenvalue weighted by molar-refractivity contribution is -0.123. The molecule has 0 aromatic heterocycles. The van der Waals surface area contributed by atoms with Gasteiger partial charge in [-0.1, -0.05) is 19.1 Å². The fourth-order valence-electron chi connectivity index (χ4n) is 3.73. The highest BCUT2D eigenvalue weighted by molar-refractivity contribution is 6.11. The second-order valence-electron chi connectivity index (χ2n) is 6.95. The summed E-state index contributed by atoms with van der Waals surface area (Å²) in [4.78, 5) is 41.1. The van der Waals surface area contributed by atoms with E-state index in [0.29, 0.717) is 37.2 Å². The van der Waals surface area contributed by atoms with Gasteiger partial charge in [0, 0.05) is 19.5 Å². The molecule has 0 bridgehead atoms. The van der Waals surface area contributed by atoms with E-state index in [1.54, 1.807) is 23.1 Å². The molecule has 7 nitrogen and oxygen atoms in total. The third-order valence-electron chi connectivity index (χ3n) is 5.10. The standard InChI is InChI=1S/C19H26N4O3.ClH/c1-3-10-20-11-12-21-16(24)13-22-18(26)14-6-4-5-7-15(14)23-17(25)8-9-19(22,23)2;/h4-7,20H,3,8-13H2,1-2H3,(H,21,24);1H. The maximum Gasteiger partial charge on any atom is 0.258 e. The summed E-state index contributed by atoms with van der Waals surface area (Å²) in [5, 5.41) is 6.06. The molecule has 2 aliphatic rings. The van der Waals surface area contributed by atoms with Crippen LogP contribution in [0.3, 0.4) is 0 Å². The highest BCUT2D eigenvalue weighted by atomic mass is 35.5. The van der Waals surface area contributed by atoms with Crippen molar-refractivity contribution < 1.29 is 14.4 Å². The second kappa shape index (κ2) is 8.71. The van der Waals surface area contributed by atoms with E-state index in [1.165, 1.54) is 4.90 Å². The van der Waals surface area contributed by atoms with E-state index in [-0.39, 0.29) is 36.7 Å². The molecular weight excluding hydrogens is 368 g/mol. The molecule has 1 aromatic carbocycles. The number of benzene rings is 1. The van der Waals surface area contributed by atoms with E-state index in [2.05, 4.69) is 17.6 Å². The number of fused-ring (bicyclic) bond motifs is 3. The van der Waals surface area contributed by atoms with Crippen LogP contribution in [-0.2, 0) is 9.59 Å². The number of hydrogen-bond acceptors (Lipinski definition) is 4. The Morgan fingerprint density at radius 2 is 1.93 bits per heavy atom. The van der Waals surface area contributed by atoms with E-state index in [9.17, 15) is 14.4 Å². The molecule has 1 atom stereocenters. The quantitative estimate of drug-likeness (QED) is 0.687. The zero-order valence-electron chi connectivity index (χ0n) is 15.8. The van der Waals surface area contributed by atoms with Crippen molar-refractivity contribution in [2.24, 2.45) is 0 Å². The lowest BCUT2D eigenvalue weighted by atomic mass is 9.98. The van der Waals surface area contributed by atoms with Gasteiger partial charge >= 0.3 is 0 Å². The van der Waals surface area contributed by atoms with Crippen LogP contribution in [0.5, 0.6) is 0 Å². The van der Waals surface area contributed by atoms with Crippen molar-refractivity contribution in [3.63, 3.8) is 0 Å². The third-order valence-corrected chi connectivity index (χ3v) is 5.10. The van der Waals surface area contributed by atoms with Crippen LogP contribution in [0.15, 0.2) is 24.3 Å². The number of carbonyl (C=O) groups excluding carboxylic acids is 3. The predicted octanol–water partition coefficient (Wildman–Crippen LogP) is 1.52. The summed E-state index contributed by atoms with van der Waals surface area (Å²) in [5.41, 5.74) is 0.320. The van der Waals surface area contributed by atoms with Gasteiger partial charge in [-0.2, -0.15) is 0 Å². The molecular formula is C19H27ClN4O3. The molecule has 2 heterocycles. The molecule has 2 N–H and O–H groups in total. The average Bonchev–Trinajstić information content (AvgIpc) is 2.94. The molecule has 27 heavy (non-hydrogen) atoms. The number of rotatable bonds is 7. The van der Waals surface area contributed by atoms with Crippen LogP contribution < -0.4 is 15.5 Å². The summed E-state index contributed by atoms with van der Waals surface area (Å²) >= 11 is 0. The van der Waals surface area contributed by atoms with Crippen molar-refractivity contribution in [2.75, 3.05) is 31.1 Å². The lowest BCUT2D eigenvalue weighted by Crippen LogP contribution is -2.64. The first-order valence-corrected chi connectivity index (χ1v) is 9.20. The summed E-state index contributed by atoms with van der Waals surface area (Å²) in [6.45, 7) is 6.01. The lowest BCUT2D eigenvalue weighted by Gasteiger charge is -2.48. The van der Waals surface area contributed by atoms with Gasteiger partial charge in [0.15, 0.2) is 0 Å². The van der Waals surface area contributed by atoms with Crippen LogP contribution in [0.2, 0.25) is 0 Å². The zero-order chi connectivity index (χ0) is 18.7. The Balaban J connectivity index is 0.00000261. The van der Waals surface area contributed by atoms with E-state index >= 15 is 0 Å². The van der Waals surface area contributed by atoms with Gasteiger partial charge in [0.2, 0.25) is 11.8 Å². The average molecular weight is 395 g/mol. The van der Waals surface area contributed by atoms with Crippen molar-refractivity contribution in [2.45, 2.75) is 38.8 Å². The fourth-order valence-corrected chi connectivity index (χ4v) is 3.73. The maximum absolute atomic E-state index is 13.0. The van der Waals surface area contributed by atoms with Gasteiger partial charge in [0.25, 0.3) is 5.91 Å². The maximum atomic E-state index is 13.0. The van der Waals surface area contributed by atoms with Crippen LogP contribution in [0.4, 0.5) is 5.69 Å². The predicted molar refractivity (Wildman–Crippen MR) is 106 cm³/mol. The number of nitrogens with one attached hydrogen (secondary N) is 2. The molecule has 3 amide bonds. The Kier molecular flexibility index (Phi) is 6.84. The minimum atomic E-state index is -0.791. The summed E-state index contributed by atoms with van der Waals surface area (Å²) in [6, 6.07) is 7.11. The fraction of sp³-hybridized carbons (Fsp3) is 0.526. The molecule has 148 valence electrons. The Labute approximate surface area is 165 Å². The molecule has 0 radical (unpaired) electrons. The van der Waals surface area contributed by atoms with Crippen molar-refractivity contribution in [3.05, 3.63) is 29.8 Å². The van der Waals surface area contributed by atoms with Crippen molar-refractivity contribution >= 4 is 35.8 Å². The molecule has 0 spiro atoms. The number of nitrogens with zero attached hydrogens (tertiary/aromatic N) is 2. The largest absolute Gasteiger partial charge is 0.353 e. The van der Waals surface area contributed by atoms with E-state index in [1.807, 2.05) is 13.0 Å². The third kappa shape index (κ3) is 3.94. The van der Waals surface area contributed by atoms with Gasteiger partial charge in [-0.05, 0) is 38.4 Å². The van der Waals surface area contributed by atoms with Crippen LogP contribution in [0.1, 0.15) is 43.5 Å². The van der Waals surface area contributed by atoms with Gasteiger partial charge in [-0.15, -0.1) is 12.4 Å². The molecule has 8 heteroatoms. The molecule has 1 aromatic rings. The van der Waals surface area contributed by atoms with Gasteiger partial charge in [0.05, 0.1) is 11.3 Å². The van der Waals surface area contributed by atoms with Gasteiger partial charge in [-0.25, -0.2) is 0 Å². The summed E-state index contributed by atoms with van der Waals surface area (Å²) in [7, 11) is 0. The minimum absolute atomic E-state index is 0. The number of amides is 3. The number of hydrogen-bond donors (Lipinski definition) is 2. The summed E-state index contributed by atoms with van der Waals surface area (Å²) < 4.78 is 0. The number of para-hydroxylation sites is 1. The van der Waals surface area contributed by atoms with Crippen molar-refractivity contribution in [3.8, 4) is 0 Å². The SMILES string of the molecule is CCCNCCNC(=O)CN1C(=O)c2ccccc2N2C(=O)CCC12C.Cl. The Hall–Kier alpha value is -2.12. The topological polar surface area (TPSA) is 81.8 Å². The van der Waals surface area contributed by atoms with E-state index in [0.717, 1.165) is 13.0 Å².